The van der Waals surface area contributed by atoms with Gasteiger partial charge in [-0.2, -0.15) is 20.2 Å². The van der Waals surface area contributed by atoms with Gasteiger partial charge in [0.05, 0.1) is 76.4 Å². The number of hydrogen-bond donors (Lipinski definition) is 0. The molecule has 0 aliphatic heterocycles. The summed E-state index contributed by atoms with van der Waals surface area (Å²) < 4.78 is 146. The van der Waals surface area contributed by atoms with Crippen LogP contribution in [0.2, 0.25) is 0 Å². The van der Waals surface area contributed by atoms with Crippen molar-refractivity contribution >= 4 is 87.4 Å². The van der Waals surface area contributed by atoms with E-state index in [4.69, 9.17) is 33.1 Å². The van der Waals surface area contributed by atoms with Gasteiger partial charge in [0, 0.05) is 43.3 Å². The lowest BCUT2D eigenvalue weighted by Crippen LogP contribution is -2.11. The van der Waals surface area contributed by atoms with Crippen molar-refractivity contribution in [2.75, 3.05) is 0 Å². The predicted octanol–water partition coefficient (Wildman–Crippen LogP) is 12.6. The predicted molar refractivity (Wildman–Crippen MR) is 240 cm³/mol. The van der Waals surface area contributed by atoms with Crippen molar-refractivity contribution in [1.29, 1.82) is 5.26 Å². The van der Waals surface area contributed by atoms with E-state index in [1.807, 2.05) is 71.3 Å². The number of hydrogen-bond acceptors (Lipinski definition) is 5. The van der Waals surface area contributed by atoms with E-state index in [9.17, 15) is 12.1 Å². The molecule has 0 bridgehead atoms. The second-order valence-corrected chi connectivity index (χ2v) is 14.0. The van der Waals surface area contributed by atoms with Gasteiger partial charge in [-0.1, -0.05) is 103 Å². The molecule has 8 nitrogen and oxygen atoms in total. The van der Waals surface area contributed by atoms with Gasteiger partial charge in [0.2, 0.25) is 11.9 Å². The van der Waals surface area contributed by atoms with Crippen LogP contribution in [0.3, 0.4) is 0 Å². The molecule has 5 heterocycles. The first kappa shape index (κ1) is 21.3. The second-order valence-electron chi connectivity index (χ2n) is 14.0. The quantitative estimate of drug-likeness (QED) is 0.177. The number of furan rings is 1. The Bertz CT molecular complexity index is 4800. The molecule has 278 valence electrons. The molecule has 0 fully saturated rings. The van der Waals surface area contributed by atoms with E-state index < -0.39 is 108 Å². The fraction of sp³-hybridized carbons (Fsp3) is 0. The van der Waals surface area contributed by atoms with Gasteiger partial charge in [-0.3, -0.25) is 9.13 Å². The van der Waals surface area contributed by atoms with Crippen molar-refractivity contribution in [1.82, 2.24) is 28.7 Å². The Morgan fingerprint density at radius 2 is 1.08 bits per heavy atom. The highest BCUT2D eigenvalue weighted by Crippen LogP contribution is 2.43. The molecule has 0 saturated carbocycles. The van der Waals surface area contributed by atoms with Gasteiger partial charge < -0.3 is 8.98 Å². The van der Waals surface area contributed by atoms with Crippen LogP contribution in [0.4, 0.5) is 0 Å². The lowest BCUT2D eigenvalue weighted by atomic mass is 10.1. The average molecular weight is 783 g/mol. The summed E-state index contributed by atoms with van der Waals surface area (Å²) in [4.78, 5) is 14.9. The molecular formula is C52H29N7O. The van der Waals surface area contributed by atoms with Crippen molar-refractivity contribution in [2.24, 2.45) is 0 Å². The van der Waals surface area contributed by atoms with Crippen molar-refractivity contribution in [3.05, 3.63) is 181 Å². The van der Waals surface area contributed by atoms with Crippen LogP contribution in [0, 0.1) is 11.3 Å². The Labute approximate surface area is 362 Å². The average Bonchev–Trinajstić information content (AvgIpc) is 4.23. The van der Waals surface area contributed by atoms with Gasteiger partial charge in [-0.05, 0) is 72.7 Å². The van der Waals surface area contributed by atoms with Crippen LogP contribution < -0.4 is 0 Å². The summed E-state index contributed by atoms with van der Waals surface area (Å²) in [6, 6.07) is 18.0. The zero-order chi connectivity index (χ0) is 52.5. The fourth-order valence-corrected chi connectivity index (χ4v) is 8.44. The minimum absolute atomic E-state index is 0.189. The Balaban J connectivity index is 1.26. The third-order valence-electron chi connectivity index (χ3n) is 10.9. The van der Waals surface area contributed by atoms with Gasteiger partial charge in [-0.15, -0.1) is 0 Å². The molecule has 13 rings (SSSR count). The highest BCUT2D eigenvalue weighted by molar-refractivity contribution is 6.24. The highest BCUT2D eigenvalue weighted by Gasteiger charge is 2.24. The zero-order valence-electron chi connectivity index (χ0n) is 45.6. The molecule has 0 amide bonds. The van der Waals surface area contributed by atoms with Crippen LogP contribution >= 0.6 is 0 Å². The highest BCUT2D eigenvalue weighted by atomic mass is 16.3. The first-order chi connectivity index (χ1) is 36.0. The van der Waals surface area contributed by atoms with E-state index in [1.54, 1.807) is 24.3 Å². The molecule has 0 saturated heterocycles. The maximum atomic E-state index is 10.2. The molecule has 13 aromatic rings. The van der Waals surface area contributed by atoms with Gasteiger partial charge >= 0.3 is 0 Å². The monoisotopic (exact) mass is 782 g/mol. The van der Waals surface area contributed by atoms with Gasteiger partial charge in [-0.25, -0.2) is 0 Å². The SMILES string of the molecule is [2H]c1c([2H])c([2H])c2c(c1[2H])c1c([2H])c([2H])c([2H])c([2H])c1n2-c1nc(-c2ccccc2-n2c3ccccc3c3ccc4oc5ccccc5c4c32)nc(-n2c3c([2H])c([2H])c([2H])c([2H])c3c3c([2H])c(C#N)c([2H])c([2H])c32)n1. The van der Waals surface area contributed by atoms with Crippen molar-refractivity contribution in [2.45, 2.75) is 0 Å². The minimum Gasteiger partial charge on any atom is -0.456 e. The van der Waals surface area contributed by atoms with Crippen molar-refractivity contribution in [3.8, 4) is 35.0 Å². The molecule has 8 heteroatoms. The maximum Gasteiger partial charge on any atom is 0.240 e. The van der Waals surface area contributed by atoms with Gasteiger partial charge in [0.1, 0.15) is 11.2 Å². The Hall–Kier alpha value is -8.54. The number of fused-ring (bicyclic) bond motifs is 13. The standard InChI is InChI=1S/C52H29N7O/c53-30-31-25-27-45-39(29-31)35-16-4-10-22-43(35)59(45)52-55-50(54-51(56-52)58-41-20-8-1-13-32(41)33-14-2-9-21-42(33)58)37-17-5-11-23-44(37)57-40-19-7-3-15-34(40)36-26-28-47-48(49(36)57)38-18-6-12-24-46(38)60-47/h1-29H/i1D,2D,4D,8D,9D,10D,13D,14D,16D,20D,21D,22D,25D,27D,29D. The van der Waals surface area contributed by atoms with E-state index in [2.05, 4.69) is 0 Å². The topological polar surface area (TPSA) is 90.4 Å². The van der Waals surface area contributed by atoms with E-state index in [0.29, 0.717) is 16.9 Å². The van der Waals surface area contributed by atoms with Crippen LogP contribution in [-0.4, -0.2) is 28.7 Å². The third kappa shape index (κ3) is 4.46. The van der Waals surface area contributed by atoms with Crippen molar-refractivity contribution in [3.63, 3.8) is 0 Å². The molecule has 8 aromatic carbocycles. The third-order valence-corrected chi connectivity index (χ3v) is 10.9. The Morgan fingerprint density at radius 3 is 1.80 bits per heavy atom. The number of benzene rings is 8. The summed E-state index contributed by atoms with van der Waals surface area (Å²) in [5, 5.41) is 12.4. The summed E-state index contributed by atoms with van der Waals surface area (Å²) >= 11 is 0. The smallest absolute Gasteiger partial charge is 0.240 e. The van der Waals surface area contributed by atoms with Crippen LogP contribution in [0.5, 0.6) is 0 Å². The summed E-state index contributed by atoms with van der Waals surface area (Å²) in [6.45, 7) is 0. The van der Waals surface area contributed by atoms with Gasteiger partial charge in [0.25, 0.3) is 0 Å². The zero-order valence-corrected chi connectivity index (χ0v) is 30.6. The van der Waals surface area contributed by atoms with Crippen LogP contribution in [0.1, 0.15) is 26.1 Å². The summed E-state index contributed by atoms with van der Waals surface area (Å²) in [5.74, 6) is -1.20. The lowest BCUT2D eigenvalue weighted by Gasteiger charge is -2.16. The molecule has 5 aromatic heterocycles. The molecule has 60 heavy (non-hydrogen) atoms. The molecule has 0 aliphatic carbocycles. The van der Waals surface area contributed by atoms with E-state index in [1.165, 1.54) is 0 Å². The molecular weight excluding hydrogens is 739 g/mol. The molecule has 0 radical (unpaired) electrons. The summed E-state index contributed by atoms with van der Waals surface area (Å²) in [6.07, 6.45) is 0. The Morgan fingerprint density at radius 1 is 0.483 bits per heavy atom. The lowest BCUT2D eigenvalue weighted by molar-refractivity contribution is 0.669. The largest absolute Gasteiger partial charge is 0.456 e. The number of nitrogens with zero attached hydrogens (tertiary/aromatic N) is 7. The van der Waals surface area contributed by atoms with E-state index >= 15 is 0 Å². The second kappa shape index (κ2) is 12.2. The number of rotatable bonds is 4. The van der Waals surface area contributed by atoms with Gasteiger partial charge in [0.15, 0.2) is 5.82 Å². The van der Waals surface area contributed by atoms with Crippen LogP contribution in [0.15, 0.2) is 180 Å². The first-order valence-corrected chi connectivity index (χ1v) is 18.6. The molecule has 0 aliphatic rings. The summed E-state index contributed by atoms with van der Waals surface area (Å²) in [7, 11) is 0. The fourth-order valence-electron chi connectivity index (χ4n) is 8.44. The van der Waals surface area contributed by atoms with E-state index in [0.717, 1.165) is 41.7 Å². The maximum absolute atomic E-state index is 10.2. The van der Waals surface area contributed by atoms with E-state index in [-0.39, 0.29) is 55.0 Å². The van der Waals surface area contributed by atoms with Crippen molar-refractivity contribution < 1.29 is 25.0 Å². The minimum atomic E-state index is -0.722. The Kier molecular flexibility index (Phi) is 4.34. The molecule has 0 N–H and O–H groups in total. The summed E-state index contributed by atoms with van der Waals surface area (Å²) in [5.41, 5.74) is 1.54. The molecule has 0 spiro atoms. The number of aromatic nitrogens is 6. The van der Waals surface area contributed by atoms with Crippen LogP contribution in [0.25, 0.3) is 116 Å². The van der Waals surface area contributed by atoms with Crippen LogP contribution in [-0.2, 0) is 0 Å². The number of para-hydroxylation sites is 6. The molecule has 0 unspecified atom stereocenters. The number of nitriles is 1. The normalized spacial score (nSPS) is 15.5. The first-order valence-electron chi connectivity index (χ1n) is 26.1. The molecule has 0 atom stereocenters.